The van der Waals surface area contributed by atoms with Crippen molar-refractivity contribution in [3.63, 3.8) is 0 Å². The fourth-order valence-corrected chi connectivity index (χ4v) is 3.61. The van der Waals surface area contributed by atoms with Gasteiger partial charge in [0.1, 0.15) is 0 Å². The summed E-state index contributed by atoms with van der Waals surface area (Å²) < 4.78 is 0. The molecule has 1 heterocycles. The van der Waals surface area contributed by atoms with Gasteiger partial charge in [0.25, 0.3) is 0 Å². The summed E-state index contributed by atoms with van der Waals surface area (Å²) in [6.45, 7) is 2.20. The van der Waals surface area contributed by atoms with Gasteiger partial charge >= 0.3 is 5.97 Å². The fourth-order valence-electron chi connectivity index (χ4n) is 3.61. The summed E-state index contributed by atoms with van der Waals surface area (Å²) in [6, 6.07) is 10.2. The summed E-state index contributed by atoms with van der Waals surface area (Å²) in [5.41, 5.74) is 2.09. The van der Waals surface area contributed by atoms with Crippen LogP contribution >= 0.6 is 0 Å². The topological polar surface area (TPSA) is 50.2 Å². The molecule has 0 saturated heterocycles. The molecular weight excluding hydrogens is 262 g/mol. The van der Waals surface area contributed by atoms with Gasteiger partial charge in [-0.15, -0.1) is 0 Å². The number of nitrogens with zero attached hydrogens (tertiary/aromatic N) is 1. The van der Waals surface area contributed by atoms with E-state index in [1.807, 2.05) is 12.1 Å². The zero-order valence-corrected chi connectivity index (χ0v) is 12.3. The molecule has 1 saturated carbocycles. The Kier molecular flexibility index (Phi) is 3.91. The highest BCUT2D eigenvalue weighted by atomic mass is 16.4. The molecule has 0 spiro atoms. The lowest BCUT2D eigenvalue weighted by molar-refractivity contribution is -0.143. The van der Waals surface area contributed by atoms with Crippen LogP contribution in [0.5, 0.6) is 0 Å². The van der Waals surface area contributed by atoms with E-state index in [0.717, 1.165) is 42.1 Å². The Morgan fingerprint density at radius 1 is 1.33 bits per heavy atom. The SMILES string of the molecule is CCC1CCC(C(=O)O)C(c2ccc3cccnc3c2)C1. The molecule has 0 bridgehead atoms. The van der Waals surface area contributed by atoms with Crippen LogP contribution in [0.2, 0.25) is 0 Å². The summed E-state index contributed by atoms with van der Waals surface area (Å²) in [6.07, 6.45) is 5.73. The van der Waals surface area contributed by atoms with Crippen molar-refractivity contribution < 1.29 is 9.90 Å². The molecule has 0 radical (unpaired) electrons. The maximum atomic E-state index is 11.6. The van der Waals surface area contributed by atoms with Crippen molar-refractivity contribution in [3.8, 4) is 0 Å². The van der Waals surface area contributed by atoms with E-state index >= 15 is 0 Å². The van der Waals surface area contributed by atoms with Gasteiger partial charge in [-0.25, -0.2) is 0 Å². The normalized spacial score (nSPS) is 25.9. The highest BCUT2D eigenvalue weighted by molar-refractivity contribution is 5.79. The van der Waals surface area contributed by atoms with Gasteiger partial charge in [-0.05, 0) is 48.8 Å². The number of rotatable bonds is 3. The zero-order chi connectivity index (χ0) is 14.8. The predicted octanol–water partition coefficient (Wildman–Crippen LogP) is 4.23. The quantitative estimate of drug-likeness (QED) is 0.917. The van der Waals surface area contributed by atoms with Crippen LogP contribution in [0.15, 0.2) is 36.5 Å². The predicted molar refractivity (Wildman–Crippen MR) is 83.2 cm³/mol. The lowest BCUT2D eigenvalue weighted by Crippen LogP contribution is -2.29. The molecule has 1 N–H and O–H groups in total. The van der Waals surface area contributed by atoms with E-state index in [4.69, 9.17) is 0 Å². The Morgan fingerprint density at radius 3 is 2.95 bits per heavy atom. The molecular formula is C18H21NO2. The number of benzene rings is 1. The van der Waals surface area contributed by atoms with Crippen molar-refractivity contribution in [3.05, 3.63) is 42.1 Å². The molecule has 0 aliphatic heterocycles. The molecule has 3 unspecified atom stereocenters. The number of carboxylic acid groups (broad SMARTS) is 1. The lowest BCUT2D eigenvalue weighted by Gasteiger charge is -2.34. The second kappa shape index (κ2) is 5.84. The molecule has 1 aliphatic rings. The van der Waals surface area contributed by atoms with Gasteiger partial charge in [-0.2, -0.15) is 0 Å². The van der Waals surface area contributed by atoms with Crippen LogP contribution in [0.25, 0.3) is 10.9 Å². The third-order valence-electron chi connectivity index (χ3n) is 4.91. The molecule has 0 amide bonds. The number of aromatic nitrogens is 1. The van der Waals surface area contributed by atoms with Crippen LogP contribution in [-0.2, 0) is 4.79 Å². The summed E-state index contributed by atoms with van der Waals surface area (Å²) >= 11 is 0. The maximum Gasteiger partial charge on any atom is 0.307 e. The smallest absolute Gasteiger partial charge is 0.307 e. The van der Waals surface area contributed by atoms with Crippen molar-refractivity contribution in [2.24, 2.45) is 11.8 Å². The van der Waals surface area contributed by atoms with Gasteiger partial charge in [-0.1, -0.05) is 31.5 Å². The fraction of sp³-hybridized carbons (Fsp3) is 0.444. The molecule has 110 valence electrons. The van der Waals surface area contributed by atoms with E-state index in [-0.39, 0.29) is 11.8 Å². The highest BCUT2D eigenvalue weighted by Crippen LogP contribution is 2.42. The van der Waals surface area contributed by atoms with Crippen molar-refractivity contribution in [1.82, 2.24) is 4.98 Å². The van der Waals surface area contributed by atoms with Gasteiger partial charge in [0.05, 0.1) is 11.4 Å². The first kappa shape index (κ1) is 14.1. The van der Waals surface area contributed by atoms with Crippen LogP contribution in [0, 0.1) is 11.8 Å². The van der Waals surface area contributed by atoms with Crippen LogP contribution in [0.1, 0.15) is 44.1 Å². The first-order chi connectivity index (χ1) is 10.2. The molecule has 1 fully saturated rings. The Bertz CT molecular complexity index is 652. The number of fused-ring (bicyclic) bond motifs is 1. The number of pyridine rings is 1. The minimum absolute atomic E-state index is 0.118. The average Bonchev–Trinajstić information content (AvgIpc) is 2.53. The Hall–Kier alpha value is -1.90. The van der Waals surface area contributed by atoms with Crippen molar-refractivity contribution >= 4 is 16.9 Å². The van der Waals surface area contributed by atoms with Gasteiger partial charge in [0.15, 0.2) is 0 Å². The van der Waals surface area contributed by atoms with Crippen LogP contribution < -0.4 is 0 Å². The Balaban J connectivity index is 1.97. The van der Waals surface area contributed by atoms with Crippen LogP contribution in [0.3, 0.4) is 0 Å². The molecule has 3 rings (SSSR count). The van der Waals surface area contributed by atoms with E-state index < -0.39 is 5.97 Å². The second-order valence-electron chi connectivity index (χ2n) is 6.09. The zero-order valence-electron chi connectivity index (χ0n) is 12.3. The van der Waals surface area contributed by atoms with E-state index in [0.29, 0.717) is 5.92 Å². The summed E-state index contributed by atoms with van der Waals surface area (Å²) in [5.74, 6) is -0.151. The third kappa shape index (κ3) is 2.78. The van der Waals surface area contributed by atoms with Crippen molar-refractivity contribution in [2.75, 3.05) is 0 Å². The number of hydrogen-bond donors (Lipinski definition) is 1. The minimum atomic E-state index is -0.657. The van der Waals surface area contributed by atoms with Gasteiger partial charge in [-0.3, -0.25) is 9.78 Å². The maximum absolute atomic E-state index is 11.6. The monoisotopic (exact) mass is 283 g/mol. The van der Waals surface area contributed by atoms with Gasteiger partial charge in [0.2, 0.25) is 0 Å². The van der Waals surface area contributed by atoms with E-state index in [9.17, 15) is 9.90 Å². The molecule has 3 nitrogen and oxygen atoms in total. The standard InChI is InChI=1S/C18H21NO2/c1-2-12-5-8-15(18(20)21)16(10-12)14-7-6-13-4-3-9-19-17(13)11-14/h3-4,6-7,9,11-12,15-16H,2,5,8,10H2,1H3,(H,20,21). The Morgan fingerprint density at radius 2 is 2.19 bits per heavy atom. The summed E-state index contributed by atoms with van der Waals surface area (Å²) in [5, 5.41) is 10.6. The van der Waals surface area contributed by atoms with Crippen LogP contribution in [-0.4, -0.2) is 16.1 Å². The Labute approximate surface area is 125 Å². The first-order valence-corrected chi connectivity index (χ1v) is 7.76. The molecule has 1 aromatic carbocycles. The van der Waals surface area contributed by atoms with Gasteiger partial charge in [0, 0.05) is 11.6 Å². The van der Waals surface area contributed by atoms with Gasteiger partial charge < -0.3 is 5.11 Å². The molecule has 3 atom stereocenters. The number of hydrogen-bond acceptors (Lipinski definition) is 2. The minimum Gasteiger partial charge on any atom is -0.481 e. The van der Waals surface area contributed by atoms with Crippen LogP contribution in [0.4, 0.5) is 0 Å². The number of carbonyl (C=O) groups is 1. The molecule has 1 aliphatic carbocycles. The third-order valence-corrected chi connectivity index (χ3v) is 4.91. The summed E-state index contributed by atoms with van der Waals surface area (Å²) in [7, 11) is 0. The largest absolute Gasteiger partial charge is 0.481 e. The van der Waals surface area contributed by atoms with E-state index in [1.54, 1.807) is 6.20 Å². The van der Waals surface area contributed by atoms with Crippen molar-refractivity contribution in [1.29, 1.82) is 0 Å². The van der Waals surface area contributed by atoms with Crippen molar-refractivity contribution in [2.45, 2.75) is 38.5 Å². The highest BCUT2D eigenvalue weighted by Gasteiger charge is 2.35. The average molecular weight is 283 g/mol. The lowest BCUT2D eigenvalue weighted by atomic mass is 9.70. The molecule has 3 heteroatoms. The van der Waals surface area contributed by atoms with E-state index in [1.165, 1.54) is 0 Å². The molecule has 1 aromatic heterocycles. The first-order valence-electron chi connectivity index (χ1n) is 7.76. The second-order valence-corrected chi connectivity index (χ2v) is 6.09. The molecule has 21 heavy (non-hydrogen) atoms. The molecule has 2 aromatic rings. The number of carboxylic acids is 1. The summed E-state index contributed by atoms with van der Waals surface area (Å²) in [4.78, 5) is 16.0. The van der Waals surface area contributed by atoms with E-state index in [2.05, 4.69) is 30.1 Å². The number of aliphatic carboxylic acids is 1.